The molecule has 2 aromatic rings. The summed E-state index contributed by atoms with van der Waals surface area (Å²) >= 11 is 9.69. The van der Waals surface area contributed by atoms with E-state index in [4.69, 9.17) is 16.3 Å². The van der Waals surface area contributed by atoms with Gasteiger partial charge in [0.2, 0.25) is 17.2 Å². The van der Waals surface area contributed by atoms with Crippen molar-refractivity contribution in [1.29, 1.82) is 0 Å². The molecule has 0 unspecified atom stereocenters. The molecular weight excluding hydrogens is 394 g/mol. The highest BCUT2D eigenvalue weighted by molar-refractivity contribution is 9.10. The van der Waals surface area contributed by atoms with E-state index in [-0.39, 0.29) is 5.28 Å². The molecule has 0 amide bonds. The highest BCUT2D eigenvalue weighted by atomic mass is 79.9. The number of anilines is 2. The molecule has 2 aliphatic heterocycles. The Kier molecular flexibility index (Phi) is 4.56. The van der Waals surface area contributed by atoms with Gasteiger partial charge in [0.15, 0.2) is 0 Å². The molecule has 1 aromatic heterocycles. The van der Waals surface area contributed by atoms with Gasteiger partial charge >= 0.3 is 0 Å². The maximum absolute atomic E-state index is 6.16. The van der Waals surface area contributed by atoms with Crippen molar-refractivity contribution in [3.05, 3.63) is 39.1 Å². The zero-order valence-corrected chi connectivity index (χ0v) is 15.4. The fourth-order valence-electron chi connectivity index (χ4n) is 3.07. The zero-order chi connectivity index (χ0) is 16.5. The number of rotatable bonds is 2. The third-order valence-electron chi connectivity index (χ3n) is 4.34. The molecule has 0 aliphatic carbocycles. The number of benzene rings is 1. The molecule has 2 aliphatic rings. The summed E-state index contributed by atoms with van der Waals surface area (Å²) in [6.07, 6.45) is 0.963. The van der Waals surface area contributed by atoms with E-state index in [0.29, 0.717) is 25.1 Å². The smallest absolute Gasteiger partial charge is 0.231 e. The predicted molar refractivity (Wildman–Crippen MR) is 96.8 cm³/mol. The molecule has 0 bridgehead atoms. The first-order valence-electron chi connectivity index (χ1n) is 7.95. The van der Waals surface area contributed by atoms with Crippen LogP contribution in [0.25, 0.3) is 0 Å². The lowest BCUT2D eigenvalue weighted by Gasteiger charge is -2.31. The van der Waals surface area contributed by atoms with Crippen molar-refractivity contribution in [2.24, 2.45) is 0 Å². The van der Waals surface area contributed by atoms with Crippen LogP contribution in [-0.4, -0.2) is 47.8 Å². The van der Waals surface area contributed by atoms with Crippen LogP contribution in [-0.2, 0) is 17.7 Å². The number of morpholine rings is 1. The minimum absolute atomic E-state index is 0.239. The van der Waals surface area contributed by atoms with Crippen LogP contribution in [0.4, 0.5) is 11.9 Å². The number of hydrogen-bond donors (Lipinski definition) is 0. The van der Waals surface area contributed by atoms with Gasteiger partial charge in [0.25, 0.3) is 0 Å². The van der Waals surface area contributed by atoms with Gasteiger partial charge in [0.1, 0.15) is 0 Å². The summed E-state index contributed by atoms with van der Waals surface area (Å²) < 4.78 is 6.50. The SMILES string of the molecule is Clc1nc(N2CCOCC2)nc(N2CCc3cc(Br)ccc3C2)n1. The van der Waals surface area contributed by atoms with Crippen LogP contribution in [0.3, 0.4) is 0 Å². The maximum Gasteiger partial charge on any atom is 0.231 e. The van der Waals surface area contributed by atoms with Crippen molar-refractivity contribution in [2.45, 2.75) is 13.0 Å². The van der Waals surface area contributed by atoms with E-state index >= 15 is 0 Å². The fraction of sp³-hybridized carbons (Fsp3) is 0.438. The Morgan fingerprint density at radius 1 is 0.958 bits per heavy atom. The van der Waals surface area contributed by atoms with E-state index in [1.54, 1.807) is 0 Å². The van der Waals surface area contributed by atoms with E-state index in [1.807, 2.05) is 0 Å². The first-order chi connectivity index (χ1) is 11.7. The van der Waals surface area contributed by atoms with Gasteiger partial charge in [-0.1, -0.05) is 22.0 Å². The molecular formula is C16H17BrClN5O. The largest absolute Gasteiger partial charge is 0.378 e. The molecule has 3 heterocycles. The Balaban J connectivity index is 1.60. The van der Waals surface area contributed by atoms with E-state index in [1.165, 1.54) is 11.1 Å². The first-order valence-corrected chi connectivity index (χ1v) is 9.13. The van der Waals surface area contributed by atoms with Crippen LogP contribution in [0.2, 0.25) is 5.28 Å². The average Bonchev–Trinajstić information content (AvgIpc) is 2.61. The Hall–Kier alpha value is -1.44. The second-order valence-corrected chi connectivity index (χ2v) is 7.14. The quantitative estimate of drug-likeness (QED) is 0.759. The molecule has 1 saturated heterocycles. The van der Waals surface area contributed by atoms with Crippen LogP contribution < -0.4 is 9.80 Å². The van der Waals surface area contributed by atoms with E-state index in [0.717, 1.165) is 37.1 Å². The lowest BCUT2D eigenvalue weighted by atomic mass is 10.0. The monoisotopic (exact) mass is 409 g/mol. The van der Waals surface area contributed by atoms with Crippen molar-refractivity contribution >= 4 is 39.4 Å². The number of aromatic nitrogens is 3. The number of nitrogens with zero attached hydrogens (tertiary/aromatic N) is 5. The van der Waals surface area contributed by atoms with Gasteiger partial charge in [0.05, 0.1) is 13.2 Å². The Labute approximate surface area is 153 Å². The van der Waals surface area contributed by atoms with Gasteiger partial charge in [-0.3, -0.25) is 0 Å². The second kappa shape index (κ2) is 6.82. The molecule has 0 spiro atoms. The van der Waals surface area contributed by atoms with Gasteiger partial charge in [-0.15, -0.1) is 0 Å². The summed E-state index contributed by atoms with van der Waals surface area (Å²) in [6.45, 7) is 4.57. The Morgan fingerprint density at radius 2 is 1.71 bits per heavy atom. The van der Waals surface area contributed by atoms with Crippen molar-refractivity contribution < 1.29 is 4.74 Å². The molecule has 1 fully saturated rings. The Bertz CT molecular complexity index is 753. The van der Waals surface area contributed by atoms with Crippen molar-refractivity contribution in [1.82, 2.24) is 15.0 Å². The molecule has 24 heavy (non-hydrogen) atoms. The zero-order valence-electron chi connectivity index (χ0n) is 13.1. The number of ether oxygens (including phenoxy) is 1. The minimum Gasteiger partial charge on any atom is -0.378 e. The lowest BCUT2D eigenvalue weighted by molar-refractivity contribution is 0.122. The standard InChI is InChI=1S/C16H17BrClN5O/c17-13-2-1-12-10-23(4-3-11(12)9-13)16-20-14(18)19-15(21-16)22-5-7-24-8-6-22/h1-2,9H,3-8,10H2. The summed E-state index contributed by atoms with van der Waals surface area (Å²) in [5.74, 6) is 1.28. The van der Waals surface area contributed by atoms with Crippen molar-refractivity contribution in [2.75, 3.05) is 42.6 Å². The average molecular weight is 411 g/mol. The molecule has 126 valence electrons. The van der Waals surface area contributed by atoms with Crippen LogP contribution in [0.5, 0.6) is 0 Å². The first kappa shape index (κ1) is 16.1. The summed E-state index contributed by atoms with van der Waals surface area (Å²) in [5.41, 5.74) is 2.67. The summed E-state index contributed by atoms with van der Waals surface area (Å²) in [4.78, 5) is 17.5. The normalized spacial score (nSPS) is 17.8. The third-order valence-corrected chi connectivity index (χ3v) is 5.00. The van der Waals surface area contributed by atoms with Gasteiger partial charge in [-0.25, -0.2) is 0 Å². The van der Waals surface area contributed by atoms with Crippen molar-refractivity contribution in [3.8, 4) is 0 Å². The molecule has 4 rings (SSSR count). The summed E-state index contributed by atoms with van der Waals surface area (Å²) in [6, 6.07) is 6.41. The number of fused-ring (bicyclic) bond motifs is 1. The van der Waals surface area contributed by atoms with Gasteiger partial charge < -0.3 is 14.5 Å². The Morgan fingerprint density at radius 3 is 2.50 bits per heavy atom. The highest BCUT2D eigenvalue weighted by Gasteiger charge is 2.22. The second-order valence-electron chi connectivity index (χ2n) is 5.89. The van der Waals surface area contributed by atoms with Gasteiger partial charge in [-0.05, 0) is 41.3 Å². The molecule has 0 radical (unpaired) electrons. The number of hydrogen-bond acceptors (Lipinski definition) is 6. The third kappa shape index (κ3) is 3.34. The van der Waals surface area contributed by atoms with Crippen LogP contribution >= 0.6 is 27.5 Å². The van der Waals surface area contributed by atoms with Crippen LogP contribution in [0, 0.1) is 0 Å². The highest BCUT2D eigenvalue weighted by Crippen LogP contribution is 2.26. The van der Waals surface area contributed by atoms with Gasteiger partial charge in [0, 0.05) is 30.7 Å². The van der Waals surface area contributed by atoms with Crippen LogP contribution in [0.15, 0.2) is 22.7 Å². The predicted octanol–water partition coefficient (Wildman–Crippen LogP) is 2.69. The van der Waals surface area contributed by atoms with Crippen molar-refractivity contribution in [3.63, 3.8) is 0 Å². The number of halogens is 2. The molecule has 0 atom stereocenters. The van der Waals surface area contributed by atoms with Gasteiger partial charge in [-0.2, -0.15) is 15.0 Å². The van der Waals surface area contributed by atoms with E-state index in [9.17, 15) is 0 Å². The molecule has 1 aromatic carbocycles. The topological polar surface area (TPSA) is 54.4 Å². The summed E-state index contributed by atoms with van der Waals surface area (Å²) in [5, 5.41) is 0.239. The van der Waals surface area contributed by atoms with Crippen LogP contribution in [0.1, 0.15) is 11.1 Å². The molecule has 0 saturated carbocycles. The molecule has 6 nitrogen and oxygen atoms in total. The fourth-order valence-corrected chi connectivity index (χ4v) is 3.63. The molecule has 0 N–H and O–H groups in total. The summed E-state index contributed by atoms with van der Waals surface area (Å²) in [7, 11) is 0. The lowest BCUT2D eigenvalue weighted by Crippen LogP contribution is -2.38. The molecule has 8 heteroatoms. The minimum atomic E-state index is 0.239. The van der Waals surface area contributed by atoms with E-state index < -0.39 is 0 Å². The maximum atomic E-state index is 6.16. The van der Waals surface area contributed by atoms with E-state index in [2.05, 4.69) is 58.9 Å².